The summed E-state index contributed by atoms with van der Waals surface area (Å²) in [6, 6.07) is 22.6. The summed E-state index contributed by atoms with van der Waals surface area (Å²) in [5.74, 6) is -0.753. The summed E-state index contributed by atoms with van der Waals surface area (Å²) in [5.41, 5.74) is 3.06. The third-order valence-corrected chi connectivity index (χ3v) is 7.89. The predicted octanol–water partition coefficient (Wildman–Crippen LogP) is 4.97. The molecule has 0 bridgehead atoms. The highest BCUT2D eigenvalue weighted by Crippen LogP contribution is 2.22. The highest BCUT2D eigenvalue weighted by Gasteiger charge is 2.33. The van der Waals surface area contributed by atoms with Gasteiger partial charge in [0.1, 0.15) is 12.6 Å². The Morgan fingerprint density at radius 3 is 2.21 bits per heavy atom. The van der Waals surface area contributed by atoms with Crippen LogP contribution in [0, 0.1) is 6.92 Å². The van der Waals surface area contributed by atoms with Gasteiger partial charge in [-0.3, -0.25) is 13.9 Å². The number of benzene rings is 3. The Morgan fingerprint density at radius 1 is 0.949 bits per heavy atom. The van der Waals surface area contributed by atoms with Crippen LogP contribution in [0.5, 0.6) is 0 Å². The molecule has 7 nitrogen and oxygen atoms in total. The lowest BCUT2D eigenvalue weighted by Gasteiger charge is -2.34. The Hall–Kier alpha value is -3.36. The molecule has 0 aromatic heterocycles. The molecule has 3 aromatic carbocycles. The number of sulfonamides is 1. The zero-order valence-electron chi connectivity index (χ0n) is 22.6. The average Bonchev–Trinajstić information content (AvgIpc) is 2.91. The number of carbonyl (C=O) groups excluding carboxylic acids is 2. The number of carbonyl (C=O) groups is 2. The van der Waals surface area contributed by atoms with Crippen molar-refractivity contribution in [1.29, 1.82) is 0 Å². The number of hydrogen-bond donors (Lipinski definition) is 1. The van der Waals surface area contributed by atoms with E-state index in [-0.39, 0.29) is 18.9 Å². The molecule has 0 spiro atoms. The first-order valence-corrected chi connectivity index (χ1v) is 15.2. The van der Waals surface area contributed by atoms with Gasteiger partial charge in [0.2, 0.25) is 21.8 Å². The average molecular weight is 570 g/mol. The van der Waals surface area contributed by atoms with E-state index >= 15 is 0 Å². The first-order chi connectivity index (χ1) is 18.6. The minimum atomic E-state index is -3.82. The molecule has 0 aliphatic heterocycles. The normalized spacial score (nSPS) is 12.0. The van der Waals surface area contributed by atoms with Crippen LogP contribution in [0.1, 0.15) is 36.5 Å². The zero-order chi connectivity index (χ0) is 28.4. The third kappa shape index (κ3) is 8.83. The van der Waals surface area contributed by atoms with Crippen LogP contribution in [0.3, 0.4) is 0 Å². The molecule has 0 saturated carbocycles. The van der Waals surface area contributed by atoms with Gasteiger partial charge in [0.15, 0.2) is 0 Å². The van der Waals surface area contributed by atoms with E-state index < -0.39 is 28.5 Å². The zero-order valence-corrected chi connectivity index (χ0v) is 24.2. The fourth-order valence-corrected chi connectivity index (χ4v) is 5.23. The van der Waals surface area contributed by atoms with Gasteiger partial charge in [-0.1, -0.05) is 79.5 Å². The highest BCUT2D eigenvalue weighted by atomic mass is 35.5. The van der Waals surface area contributed by atoms with E-state index in [0.717, 1.165) is 40.1 Å². The van der Waals surface area contributed by atoms with Crippen LogP contribution in [0.15, 0.2) is 78.9 Å². The maximum atomic E-state index is 14.0. The Labute approximate surface area is 236 Å². The van der Waals surface area contributed by atoms with Crippen molar-refractivity contribution in [1.82, 2.24) is 10.2 Å². The van der Waals surface area contributed by atoms with Crippen molar-refractivity contribution in [2.24, 2.45) is 0 Å². The molecule has 1 atom stereocenters. The second kappa shape index (κ2) is 14.1. The number of rotatable bonds is 13. The molecule has 0 fully saturated rings. The molecule has 0 radical (unpaired) electrons. The first-order valence-electron chi connectivity index (χ1n) is 13.0. The molecule has 208 valence electrons. The number of hydrogen-bond acceptors (Lipinski definition) is 4. The Kier molecular flexibility index (Phi) is 10.9. The fraction of sp³-hybridized carbons (Fsp3) is 0.333. The molecule has 1 N–H and O–H groups in total. The molecule has 0 unspecified atom stereocenters. The second-order valence-corrected chi connectivity index (χ2v) is 11.9. The van der Waals surface area contributed by atoms with Gasteiger partial charge in [-0.25, -0.2) is 8.42 Å². The lowest BCUT2D eigenvalue weighted by Crippen LogP contribution is -2.53. The van der Waals surface area contributed by atoms with E-state index in [0.29, 0.717) is 17.3 Å². The van der Waals surface area contributed by atoms with Crippen molar-refractivity contribution in [3.63, 3.8) is 0 Å². The van der Waals surface area contributed by atoms with Crippen molar-refractivity contribution in [2.45, 2.75) is 45.7 Å². The summed E-state index contributed by atoms with van der Waals surface area (Å²) in [7, 11) is -3.82. The number of nitrogens with zero attached hydrogens (tertiary/aromatic N) is 2. The quantitative estimate of drug-likeness (QED) is 0.294. The summed E-state index contributed by atoms with van der Waals surface area (Å²) in [4.78, 5) is 29.1. The molecule has 0 heterocycles. The maximum Gasteiger partial charge on any atom is 0.244 e. The second-order valence-electron chi connectivity index (χ2n) is 9.54. The molecule has 3 rings (SSSR count). The summed E-state index contributed by atoms with van der Waals surface area (Å²) in [6.07, 6.45) is 3.07. The van der Waals surface area contributed by atoms with Gasteiger partial charge in [-0.05, 0) is 54.3 Å². The minimum absolute atomic E-state index is 0.155. The first kappa shape index (κ1) is 30.2. The van der Waals surface area contributed by atoms with Crippen molar-refractivity contribution in [2.75, 3.05) is 23.7 Å². The van der Waals surface area contributed by atoms with Crippen LogP contribution in [0.2, 0.25) is 5.02 Å². The minimum Gasteiger partial charge on any atom is -0.354 e. The van der Waals surface area contributed by atoms with E-state index in [1.807, 2.05) is 68.4 Å². The van der Waals surface area contributed by atoms with Crippen molar-refractivity contribution in [3.8, 4) is 0 Å². The van der Waals surface area contributed by atoms with E-state index in [4.69, 9.17) is 11.6 Å². The van der Waals surface area contributed by atoms with Crippen LogP contribution < -0.4 is 9.62 Å². The van der Waals surface area contributed by atoms with Crippen LogP contribution in [-0.4, -0.2) is 50.5 Å². The topological polar surface area (TPSA) is 86.8 Å². The number of anilines is 1. The Morgan fingerprint density at radius 2 is 1.59 bits per heavy atom. The fourth-order valence-electron chi connectivity index (χ4n) is 4.25. The Balaban J connectivity index is 2.03. The van der Waals surface area contributed by atoms with Crippen LogP contribution in [0.25, 0.3) is 0 Å². The lowest BCUT2D eigenvalue weighted by molar-refractivity contribution is -0.140. The van der Waals surface area contributed by atoms with Crippen molar-refractivity contribution >= 4 is 39.1 Å². The molecular weight excluding hydrogens is 534 g/mol. The molecule has 2 amide bonds. The van der Waals surface area contributed by atoms with Crippen molar-refractivity contribution in [3.05, 3.63) is 101 Å². The number of unbranched alkanes of at least 4 members (excludes halogenated alkanes) is 1. The van der Waals surface area contributed by atoms with Gasteiger partial charge in [0, 0.05) is 24.5 Å². The monoisotopic (exact) mass is 569 g/mol. The number of aryl methyl sites for hydroxylation is 1. The van der Waals surface area contributed by atoms with Crippen LogP contribution >= 0.6 is 11.6 Å². The standard InChI is InChI=1S/C30H36ClN3O4S/c1-4-5-19-32-30(36)28(20-24-12-7-6-8-13-24)33(21-25-14-10-9-11-23(25)2)29(35)22-34(39(3,37)38)27-17-15-26(31)16-18-27/h6-18,28H,4-5,19-22H2,1-3H3,(H,32,36)/t28-/m0/s1. The number of nitrogens with one attached hydrogen (secondary N) is 1. The van der Waals surface area contributed by atoms with Crippen LogP contribution in [0.4, 0.5) is 5.69 Å². The Bertz CT molecular complexity index is 1350. The molecular formula is C30H36ClN3O4S. The van der Waals surface area contributed by atoms with Gasteiger partial charge in [0.25, 0.3) is 0 Å². The van der Waals surface area contributed by atoms with Gasteiger partial charge in [-0.2, -0.15) is 0 Å². The van der Waals surface area contributed by atoms with E-state index in [1.165, 1.54) is 4.90 Å². The van der Waals surface area contributed by atoms with Gasteiger partial charge in [-0.15, -0.1) is 0 Å². The summed E-state index contributed by atoms with van der Waals surface area (Å²) in [6.45, 7) is 4.18. The summed E-state index contributed by atoms with van der Waals surface area (Å²) in [5, 5.41) is 3.43. The number of amides is 2. The molecule has 0 aliphatic carbocycles. The van der Waals surface area contributed by atoms with Gasteiger partial charge in [0.05, 0.1) is 11.9 Å². The van der Waals surface area contributed by atoms with E-state index in [1.54, 1.807) is 24.3 Å². The summed E-state index contributed by atoms with van der Waals surface area (Å²) >= 11 is 6.01. The van der Waals surface area contributed by atoms with Crippen LogP contribution in [-0.2, 0) is 32.6 Å². The number of halogens is 1. The highest BCUT2D eigenvalue weighted by molar-refractivity contribution is 7.92. The predicted molar refractivity (Wildman–Crippen MR) is 157 cm³/mol. The smallest absolute Gasteiger partial charge is 0.244 e. The third-order valence-electron chi connectivity index (χ3n) is 6.50. The molecule has 0 aliphatic rings. The van der Waals surface area contributed by atoms with E-state index in [2.05, 4.69) is 5.32 Å². The van der Waals surface area contributed by atoms with Gasteiger partial charge < -0.3 is 10.2 Å². The summed E-state index contributed by atoms with van der Waals surface area (Å²) < 4.78 is 26.6. The molecule has 39 heavy (non-hydrogen) atoms. The van der Waals surface area contributed by atoms with Crippen molar-refractivity contribution < 1.29 is 18.0 Å². The lowest BCUT2D eigenvalue weighted by atomic mass is 10.0. The molecule has 0 saturated heterocycles. The SMILES string of the molecule is CCCCNC(=O)[C@H](Cc1ccccc1)N(Cc1ccccc1C)C(=O)CN(c1ccc(Cl)cc1)S(C)(=O)=O. The van der Waals surface area contributed by atoms with Gasteiger partial charge >= 0.3 is 0 Å². The largest absolute Gasteiger partial charge is 0.354 e. The molecule has 3 aromatic rings. The molecule has 9 heteroatoms. The maximum absolute atomic E-state index is 14.0. The van der Waals surface area contributed by atoms with E-state index in [9.17, 15) is 18.0 Å².